The standard InChI is InChI=1S/C8H13N3/c1-6-4-7(2-3-9)11-8(10)5-6/h4-5H,2-3,9H2,1H3,(H2,10,11). The molecule has 0 saturated carbocycles. The van der Waals surface area contributed by atoms with Crippen LogP contribution in [0.5, 0.6) is 0 Å². The maximum absolute atomic E-state index is 5.54. The Bertz CT molecular complexity index is 225. The largest absolute Gasteiger partial charge is 0.384 e. The minimum Gasteiger partial charge on any atom is -0.384 e. The first-order valence-corrected chi connectivity index (χ1v) is 3.65. The van der Waals surface area contributed by atoms with Crippen molar-refractivity contribution in [1.82, 2.24) is 4.98 Å². The summed E-state index contributed by atoms with van der Waals surface area (Å²) in [4.78, 5) is 4.12. The SMILES string of the molecule is Cc1cc(N)nc(CCN)c1. The highest BCUT2D eigenvalue weighted by molar-refractivity contribution is 5.34. The van der Waals surface area contributed by atoms with Gasteiger partial charge in [-0.05, 0) is 31.2 Å². The van der Waals surface area contributed by atoms with E-state index in [9.17, 15) is 0 Å². The van der Waals surface area contributed by atoms with Crippen molar-refractivity contribution in [2.45, 2.75) is 13.3 Å². The molecule has 1 rings (SSSR count). The number of rotatable bonds is 2. The first kappa shape index (κ1) is 8.01. The number of nitrogen functional groups attached to an aromatic ring is 1. The molecule has 0 bridgehead atoms. The van der Waals surface area contributed by atoms with Crippen LogP contribution >= 0.6 is 0 Å². The number of pyridine rings is 1. The fraction of sp³-hybridized carbons (Fsp3) is 0.375. The van der Waals surface area contributed by atoms with Gasteiger partial charge in [0.05, 0.1) is 0 Å². The topological polar surface area (TPSA) is 64.9 Å². The average molecular weight is 151 g/mol. The molecular formula is C8H13N3. The Morgan fingerprint density at radius 1 is 1.45 bits per heavy atom. The smallest absolute Gasteiger partial charge is 0.123 e. The second kappa shape index (κ2) is 3.34. The summed E-state index contributed by atoms with van der Waals surface area (Å²) in [6.45, 7) is 2.62. The maximum atomic E-state index is 5.54. The molecule has 11 heavy (non-hydrogen) atoms. The summed E-state index contributed by atoms with van der Waals surface area (Å²) in [7, 11) is 0. The molecule has 0 radical (unpaired) electrons. The lowest BCUT2D eigenvalue weighted by atomic mass is 10.2. The van der Waals surface area contributed by atoms with Crippen LogP contribution in [0.1, 0.15) is 11.3 Å². The third kappa shape index (κ3) is 2.20. The monoisotopic (exact) mass is 151 g/mol. The van der Waals surface area contributed by atoms with Crippen LogP contribution in [0.25, 0.3) is 0 Å². The Kier molecular flexibility index (Phi) is 2.44. The fourth-order valence-electron chi connectivity index (χ4n) is 1.04. The molecule has 0 amide bonds. The van der Waals surface area contributed by atoms with Crippen LogP contribution in [0.15, 0.2) is 12.1 Å². The van der Waals surface area contributed by atoms with Crippen molar-refractivity contribution in [2.24, 2.45) is 5.73 Å². The summed E-state index contributed by atoms with van der Waals surface area (Å²) in [5, 5.41) is 0. The molecule has 3 nitrogen and oxygen atoms in total. The molecule has 1 heterocycles. The van der Waals surface area contributed by atoms with Crippen molar-refractivity contribution in [3.63, 3.8) is 0 Å². The highest BCUT2D eigenvalue weighted by atomic mass is 14.8. The van der Waals surface area contributed by atoms with Gasteiger partial charge in [-0.1, -0.05) is 0 Å². The number of anilines is 1. The summed E-state index contributed by atoms with van der Waals surface area (Å²) in [6.07, 6.45) is 0.797. The third-order valence-electron chi connectivity index (χ3n) is 1.44. The molecule has 1 aromatic heterocycles. The molecule has 0 aliphatic carbocycles. The van der Waals surface area contributed by atoms with E-state index < -0.39 is 0 Å². The highest BCUT2D eigenvalue weighted by Crippen LogP contribution is 2.05. The quantitative estimate of drug-likeness (QED) is 0.646. The number of hydrogen-bond donors (Lipinski definition) is 2. The van der Waals surface area contributed by atoms with Crippen molar-refractivity contribution in [3.05, 3.63) is 23.4 Å². The van der Waals surface area contributed by atoms with Gasteiger partial charge < -0.3 is 11.5 Å². The highest BCUT2D eigenvalue weighted by Gasteiger charge is 1.95. The zero-order valence-electron chi connectivity index (χ0n) is 6.67. The zero-order chi connectivity index (χ0) is 8.27. The zero-order valence-corrected chi connectivity index (χ0v) is 6.67. The first-order chi connectivity index (χ1) is 5.22. The van der Waals surface area contributed by atoms with Crippen molar-refractivity contribution < 1.29 is 0 Å². The molecule has 3 heteroatoms. The Labute approximate surface area is 66.4 Å². The minimum absolute atomic E-state index is 0.577. The fourth-order valence-corrected chi connectivity index (χ4v) is 1.04. The Balaban J connectivity index is 2.89. The van der Waals surface area contributed by atoms with Crippen LogP contribution in [0.4, 0.5) is 5.82 Å². The Hall–Kier alpha value is -1.09. The molecule has 0 aliphatic heterocycles. The molecule has 1 aromatic rings. The molecule has 0 fully saturated rings. The van der Waals surface area contributed by atoms with Gasteiger partial charge in [0.25, 0.3) is 0 Å². The van der Waals surface area contributed by atoms with Gasteiger partial charge in [-0.2, -0.15) is 0 Å². The number of aryl methyl sites for hydroxylation is 1. The van der Waals surface area contributed by atoms with Crippen molar-refractivity contribution in [2.75, 3.05) is 12.3 Å². The predicted octanol–water partition coefficient (Wildman–Crippen LogP) is 0.473. The average Bonchev–Trinajstić information content (AvgIpc) is 1.85. The van der Waals surface area contributed by atoms with Gasteiger partial charge in [0.2, 0.25) is 0 Å². The van der Waals surface area contributed by atoms with E-state index in [1.807, 2.05) is 19.1 Å². The first-order valence-electron chi connectivity index (χ1n) is 3.65. The lowest BCUT2D eigenvalue weighted by molar-refractivity contribution is 0.923. The molecule has 60 valence electrons. The van der Waals surface area contributed by atoms with E-state index in [-0.39, 0.29) is 0 Å². The van der Waals surface area contributed by atoms with Gasteiger partial charge in [0.15, 0.2) is 0 Å². The van der Waals surface area contributed by atoms with E-state index in [1.165, 1.54) is 0 Å². The van der Waals surface area contributed by atoms with Crippen LogP contribution in [0.2, 0.25) is 0 Å². The second-order valence-corrected chi connectivity index (χ2v) is 2.60. The molecule has 0 atom stereocenters. The number of hydrogen-bond acceptors (Lipinski definition) is 3. The number of nitrogens with zero attached hydrogens (tertiary/aromatic N) is 1. The summed E-state index contributed by atoms with van der Waals surface area (Å²) < 4.78 is 0. The molecule has 0 saturated heterocycles. The van der Waals surface area contributed by atoms with Crippen LogP contribution in [0, 0.1) is 6.92 Å². The van der Waals surface area contributed by atoms with Crippen LogP contribution in [-0.2, 0) is 6.42 Å². The van der Waals surface area contributed by atoms with Crippen molar-refractivity contribution in [1.29, 1.82) is 0 Å². The lowest BCUT2D eigenvalue weighted by Crippen LogP contribution is -2.05. The summed E-state index contributed by atoms with van der Waals surface area (Å²) in [6, 6.07) is 3.85. The summed E-state index contributed by atoms with van der Waals surface area (Å²) >= 11 is 0. The van der Waals surface area contributed by atoms with Gasteiger partial charge in [-0.25, -0.2) is 4.98 Å². The molecule has 4 N–H and O–H groups in total. The van der Waals surface area contributed by atoms with Crippen LogP contribution in [-0.4, -0.2) is 11.5 Å². The molecular weight excluding hydrogens is 138 g/mol. The van der Waals surface area contributed by atoms with Gasteiger partial charge in [0.1, 0.15) is 5.82 Å². The molecule has 0 aliphatic rings. The van der Waals surface area contributed by atoms with Gasteiger partial charge in [-0.3, -0.25) is 0 Å². The summed E-state index contributed by atoms with van der Waals surface area (Å²) in [5.41, 5.74) is 13.0. The number of aromatic nitrogens is 1. The third-order valence-corrected chi connectivity index (χ3v) is 1.44. The van der Waals surface area contributed by atoms with Crippen LogP contribution in [0.3, 0.4) is 0 Å². The van der Waals surface area contributed by atoms with E-state index in [0.717, 1.165) is 17.7 Å². The lowest BCUT2D eigenvalue weighted by Gasteiger charge is -2.00. The Morgan fingerprint density at radius 3 is 2.73 bits per heavy atom. The van der Waals surface area contributed by atoms with E-state index >= 15 is 0 Å². The van der Waals surface area contributed by atoms with Gasteiger partial charge in [0, 0.05) is 12.1 Å². The van der Waals surface area contributed by atoms with E-state index in [0.29, 0.717) is 12.4 Å². The van der Waals surface area contributed by atoms with Gasteiger partial charge in [-0.15, -0.1) is 0 Å². The molecule has 0 spiro atoms. The van der Waals surface area contributed by atoms with Crippen molar-refractivity contribution >= 4 is 5.82 Å². The summed E-state index contributed by atoms with van der Waals surface area (Å²) in [5.74, 6) is 0.577. The maximum Gasteiger partial charge on any atom is 0.123 e. The van der Waals surface area contributed by atoms with Crippen LogP contribution < -0.4 is 11.5 Å². The normalized spacial score (nSPS) is 10.0. The van der Waals surface area contributed by atoms with E-state index in [4.69, 9.17) is 11.5 Å². The van der Waals surface area contributed by atoms with E-state index in [1.54, 1.807) is 0 Å². The van der Waals surface area contributed by atoms with Gasteiger partial charge >= 0.3 is 0 Å². The van der Waals surface area contributed by atoms with E-state index in [2.05, 4.69) is 4.98 Å². The van der Waals surface area contributed by atoms with Crippen molar-refractivity contribution in [3.8, 4) is 0 Å². The molecule has 0 aromatic carbocycles. The number of nitrogens with two attached hydrogens (primary N) is 2. The second-order valence-electron chi connectivity index (χ2n) is 2.60. The minimum atomic E-state index is 0.577. The Morgan fingerprint density at radius 2 is 2.18 bits per heavy atom. The predicted molar refractivity (Wildman–Crippen MR) is 46.1 cm³/mol. The molecule has 0 unspecified atom stereocenters.